The maximum absolute atomic E-state index is 13.3. The molecule has 1 fully saturated rings. The second kappa shape index (κ2) is 12.4. The number of imide groups is 1. The quantitative estimate of drug-likeness (QED) is 0.218. The van der Waals surface area contributed by atoms with Gasteiger partial charge in [0.2, 0.25) is 5.91 Å². The highest BCUT2D eigenvalue weighted by molar-refractivity contribution is 7.92. The summed E-state index contributed by atoms with van der Waals surface area (Å²) in [6.45, 7) is 4.17. The molecule has 4 amide bonds. The number of hydrogen-bond acceptors (Lipinski definition) is 8. The molecule has 216 valence electrons. The topological polar surface area (TPSA) is 128 Å². The molecule has 0 spiro atoms. The molecule has 0 saturated carbocycles. The highest BCUT2D eigenvalue weighted by Crippen LogP contribution is 2.34. The van der Waals surface area contributed by atoms with E-state index in [4.69, 9.17) is 23.2 Å². The van der Waals surface area contributed by atoms with Gasteiger partial charge in [-0.3, -0.25) is 9.59 Å². The van der Waals surface area contributed by atoms with E-state index in [1.807, 2.05) is 16.9 Å². The van der Waals surface area contributed by atoms with Crippen molar-refractivity contribution in [2.45, 2.75) is 29.9 Å². The Kier molecular flexibility index (Phi) is 8.85. The van der Waals surface area contributed by atoms with Crippen LogP contribution in [-0.4, -0.2) is 57.3 Å². The lowest BCUT2D eigenvalue weighted by Crippen LogP contribution is -2.42. The third-order valence-corrected chi connectivity index (χ3v) is 10.2. The summed E-state index contributed by atoms with van der Waals surface area (Å²) >= 11 is 13.0. The van der Waals surface area contributed by atoms with E-state index in [-0.39, 0.29) is 31.4 Å². The molecular weight excluding hydrogens is 609 g/mol. The number of likely N-dealkylation sites (tertiary alicyclic amines) is 1. The number of urea groups is 1. The second-order valence-corrected chi connectivity index (χ2v) is 13.7. The van der Waals surface area contributed by atoms with Crippen molar-refractivity contribution in [2.75, 3.05) is 41.7 Å². The highest BCUT2D eigenvalue weighted by atomic mass is 35.5. The van der Waals surface area contributed by atoms with Gasteiger partial charge >= 0.3 is 6.03 Å². The monoisotopic (exact) mass is 635 g/mol. The van der Waals surface area contributed by atoms with E-state index in [1.54, 1.807) is 6.07 Å². The maximum atomic E-state index is 13.3. The Morgan fingerprint density at radius 2 is 1.73 bits per heavy atom. The lowest BCUT2D eigenvalue weighted by atomic mass is 9.97. The van der Waals surface area contributed by atoms with Gasteiger partial charge in [0.05, 0.1) is 21.5 Å². The molecule has 3 N–H and O–H groups in total. The number of anilines is 3. The van der Waals surface area contributed by atoms with Crippen molar-refractivity contribution in [3.05, 3.63) is 69.0 Å². The van der Waals surface area contributed by atoms with E-state index in [0.29, 0.717) is 11.1 Å². The molecule has 0 bridgehead atoms. The number of rotatable bonds is 9. The fraction of sp³-hybridized carbons (Fsp3) is 0.296. The normalized spacial score (nSPS) is 15.6. The number of thiophene rings is 1. The molecular formula is C27H27Cl2N5O5S2. The zero-order chi connectivity index (χ0) is 29.1. The predicted octanol–water partition coefficient (Wildman–Crippen LogP) is 5.19. The summed E-state index contributed by atoms with van der Waals surface area (Å²) in [5.41, 5.74) is 2.22. The Hall–Kier alpha value is -3.16. The minimum Gasteiger partial charge on any atom is -0.385 e. The van der Waals surface area contributed by atoms with Crippen LogP contribution in [0.2, 0.25) is 9.36 Å². The molecule has 2 aromatic carbocycles. The SMILES string of the molecule is O=C(Nc1ccc(N2C(=O)Cc3cc(NCCCN4CCCC4)ccc3C2=O)c(Cl)c1)NS(=O)(=O)c1ccc(Cl)s1. The second-order valence-electron chi connectivity index (χ2n) is 9.70. The highest BCUT2D eigenvalue weighted by Gasteiger charge is 2.33. The van der Waals surface area contributed by atoms with Gasteiger partial charge in [0.25, 0.3) is 15.9 Å². The van der Waals surface area contributed by atoms with Crippen LogP contribution in [0, 0.1) is 0 Å². The van der Waals surface area contributed by atoms with E-state index in [0.717, 1.165) is 54.5 Å². The molecule has 0 unspecified atom stereocenters. The summed E-state index contributed by atoms with van der Waals surface area (Å²) in [6.07, 6.45) is 3.56. The Morgan fingerprint density at radius 3 is 2.44 bits per heavy atom. The summed E-state index contributed by atoms with van der Waals surface area (Å²) in [4.78, 5) is 42.2. The Morgan fingerprint density at radius 1 is 0.976 bits per heavy atom. The Labute approximate surface area is 251 Å². The van der Waals surface area contributed by atoms with Crippen LogP contribution in [0.15, 0.2) is 52.7 Å². The van der Waals surface area contributed by atoms with Gasteiger partial charge in [-0.05, 0) is 93.0 Å². The first-order valence-corrected chi connectivity index (χ1v) is 16.0. The minimum absolute atomic E-state index is 0.0215. The first-order chi connectivity index (χ1) is 19.6. The number of nitrogens with one attached hydrogen (secondary N) is 3. The molecule has 10 nitrogen and oxygen atoms in total. The van der Waals surface area contributed by atoms with Crippen LogP contribution in [0.3, 0.4) is 0 Å². The number of benzene rings is 2. The average molecular weight is 637 g/mol. The van der Waals surface area contributed by atoms with Crippen molar-refractivity contribution < 1.29 is 22.8 Å². The number of hydrogen-bond donors (Lipinski definition) is 3. The number of halogens is 2. The van der Waals surface area contributed by atoms with Gasteiger partial charge in [0.15, 0.2) is 0 Å². The summed E-state index contributed by atoms with van der Waals surface area (Å²) in [6, 6.07) is 11.2. The van der Waals surface area contributed by atoms with Crippen molar-refractivity contribution >= 4 is 79.5 Å². The van der Waals surface area contributed by atoms with Gasteiger partial charge in [-0.1, -0.05) is 23.2 Å². The average Bonchev–Trinajstić information content (AvgIpc) is 3.59. The van der Waals surface area contributed by atoms with Crippen molar-refractivity contribution in [2.24, 2.45) is 0 Å². The molecule has 41 heavy (non-hydrogen) atoms. The van der Waals surface area contributed by atoms with Crippen LogP contribution in [0.5, 0.6) is 0 Å². The van der Waals surface area contributed by atoms with Crippen LogP contribution < -0.4 is 20.3 Å². The standard InChI is InChI=1S/C27H27Cl2N5O5S2/c28-21-16-19(31-27(37)32-41(38,39)25-9-8-23(29)40-25)5-7-22(21)34-24(35)15-17-14-18(4-6-20(17)26(34)36)30-10-3-13-33-11-1-2-12-33/h4-9,14,16,30H,1-3,10-13,15H2,(H2,31,32,37). The van der Waals surface area contributed by atoms with Crippen molar-refractivity contribution in [1.82, 2.24) is 9.62 Å². The van der Waals surface area contributed by atoms with Crippen molar-refractivity contribution in [3.8, 4) is 0 Å². The molecule has 2 aliphatic rings. The lowest BCUT2D eigenvalue weighted by molar-refractivity contribution is -0.117. The first kappa shape index (κ1) is 29.3. The number of carbonyl (C=O) groups is 3. The fourth-order valence-electron chi connectivity index (χ4n) is 4.86. The number of sulfonamides is 1. The molecule has 3 aromatic rings. The first-order valence-electron chi connectivity index (χ1n) is 13.0. The van der Waals surface area contributed by atoms with Crippen LogP contribution in [0.4, 0.5) is 21.9 Å². The molecule has 14 heteroatoms. The third-order valence-electron chi connectivity index (χ3n) is 6.80. The zero-order valence-corrected chi connectivity index (χ0v) is 24.9. The van der Waals surface area contributed by atoms with Crippen LogP contribution in [-0.2, 0) is 21.2 Å². The summed E-state index contributed by atoms with van der Waals surface area (Å²) in [5, 5.41) is 5.79. The molecule has 5 rings (SSSR count). The van der Waals surface area contributed by atoms with E-state index < -0.39 is 27.9 Å². The molecule has 0 radical (unpaired) electrons. The summed E-state index contributed by atoms with van der Waals surface area (Å²) < 4.78 is 26.7. The number of amides is 4. The van der Waals surface area contributed by atoms with Gasteiger partial charge in [0.1, 0.15) is 4.21 Å². The predicted molar refractivity (Wildman–Crippen MR) is 161 cm³/mol. The van der Waals surface area contributed by atoms with Gasteiger partial charge < -0.3 is 15.5 Å². The zero-order valence-electron chi connectivity index (χ0n) is 21.8. The number of carbonyl (C=O) groups excluding carboxylic acids is 3. The minimum atomic E-state index is -4.12. The van der Waals surface area contributed by atoms with Crippen LogP contribution in [0.25, 0.3) is 0 Å². The van der Waals surface area contributed by atoms with E-state index >= 15 is 0 Å². The van der Waals surface area contributed by atoms with Gasteiger partial charge in [-0.25, -0.2) is 22.8 Å². The molecule has 2 aliphatic heterocycles. The van der Waals surface area contributed by atoms with E-state index in [2.05, 4.69) is 15.5 Å². The van der Waals surface area contributed by atoms with Crippen LogP contribution >= 0.6 is 34.5 Å². The molecule has 3 heterocycles. The number of nitrogens with zero attached hydrogens (tertiary/aromatic N) is 2. The van der Waals surface area contributed by atoms with Crippen LogP contribution in [0.1, 0.15) is 35.2 Å². The van der Waals surface area contributed by atoms with Crippen molar-refractivity contribution in [3.63, 3.8) is 0 Å². The van der Waals surface area contributed by atoms with E-state index in [1.165, 1.54) is 43.2 Å². The maximum Gasteiger partial charge on any atom is 0.333 e. The molecule has 0 atom stereocenters. The molecule has 1 aromatic heterocycles. The third kappa shape index (κ3) is 6.84. The Bertz CT molecular complexity index is 1610. The Balaban J connectivity index is 1.22. The largest absolute Gasteiger partial charge is 0.385 e. The molecule has 0 aliphatic carbocycles. The van der Waals surface area contributed by atoms with Crippen molar-refractivity contribution in [1.29, 1.82) is 0 Å². The van der Waals surface area contributed by atoms with Gasteiger partial charge in [0, 0.05) is 23.5 Å². The summed E-state index contributed by atoms with van der Waals surface area (Å²) in [5.74, 6) is -0.937. The smallest absolute Gasteiger partial charge is 0.333 e. The van der Waals surface area contributed by atoms with Gasteiger partial charge in [-0.15, -0.1) is 11.3 Å². The lowest BCUT2D eigenvalue weighted by Gasteiger charge is -2.28. The van der Waals surface area contributed by atoms with E-state index in [9.17, 15) is 22.8 Å². The molecule has 1 saturated heterocycles. The van der Waals surface area contributed by atoms with Gasteiger partial charge in [-0.2, -0.15) is 0 Å². The fourth-order valence-corrected chi connectivity index (χ4v) is 7.51. The summed E-state index contributed by atoms with van der Waals surface area (Å²) in [7, 11) is -4.12. The number of fused-ring (bicyclic) bond motifs is 1.